The SMILES string of the molecule is CCN(c1ccc(Cl)cc1CN(Cc1cc(C)cs1)C(=O)c1ccccc1Cl)S(=O)(=O)c1ccc2oc(C(=O)O)c(C)c2c1. The molecule has 12 heteroatoms. The van der Waals surface area contributed by atoms with Gasteiger partial charge in [0.05, 0.1) is 27.7 Å². The predicted octanol–water partition coefficient (Wildman–Crippen LogP) is 8.17. The number of anilines is 1. The Kier molecular flexibility index (Phi) is 9.08. The smallest absolute Gasteiger partial charge is 0.372 e. The zero-order chi connectivity index (χ0) is 31.8. The Morgan fingerprint density at radius 1 is 0.977 bits per heavy atom. The number of halogens is 2. The lowest BCUT2D eigenvalue weighted by molar-refractivity contribution is 0.0663. The van der Waals surface area contributed by atoms with Gasteiger partial charge >= 0.3 is 5.97 Å². The molecule has 0 unspecified atom stereocenters. The molecule has 228 valence electrons. The van der Waals surface area contributed by atoms with E-state index in [1.54, 1.807) is 61.2 Å². The molecule has 1 amide bonds. The Labute approximate surface area is 269 Å². The van der Waals surface area contributed by atoms with Crippen molar-refractivity contribution < 1.29 is 27.5 Å². The van der Waals surface area contributed by atoms with Crippen LogP contribution in [0.1, 0.15) is 49.4 Å². The second-order valence-electron chi connectivity index (χ2n) is 10.2. The zero-order valence-electron chi connectivity index (χ0n) is 24.0. The quantitative estimate of drug-likeness (QED) is 0.161. The highest BCUT2D eigenvalue weighted by Gasteiger charge is 2.29. The van der Waals surface area contributed by atoms with E-state index in [-0.39, 0.29) is 41.8 Å². The summed E-state index contributed by atoms with van der Waals surface area (Å²) in [5.74, 6) is -1.79. The Morgan fingerprint density at radius 2 is 1.73 bits per heavy atom. The molecule has 3 aromatic carbocycles. The molecule has 44 heavy (non-hydrogen) atoms. The van der Waals surface area contributed by atoms with Crippen LogP contribution in [0, 0.1) is 13.8 Å². The average Bonchev–Trinajstić information content (AvgIpc) is 3.55. The predicted molar refractivity (Wildman–Crippen MR) is 174 cm³/mol. The van der Waals surface area contributed by atoms with E-state index < -0.39 is 16.0 Å². The topological polar surface area (TPSA) is 108 Å². The highest BCUT2D eigenvalue weighted by Crippen LogP contribution is 2.34. The number of amides is 1. The van der Waals surface area contributed by atoms with E-state index in [4.69, 9.17) is 27.6 Å². The maximum atomic E-state index is 14.1. The molecule has 0 spiro atoms. The van der Waals surface area contributed by atoms with Gasteiger partial charge in [-0.25, -0.2) is 13.2 Å². The number of rotatable bonds is 10. The van der Waals surface area contributed by atoms with E-state index in [1.165, 1.54) is 33.8 Å². The van der Waals surface area contributed by atoms with Gasteiger partial charge in [-0.3, -0.25) is 9.10 Å². The van der Waals surface area contributed by atoms with Crippen LogP contribution < -0.4 is 4.31 Å². The van der Waals surface area contributed by atoms with Crippen LogP contribution in [-0.4, -0.2) is 36.8 Å². The summed E-state index contributed by atoms with van der Waals surface area (Å²) in [6.07, 6.45) is 0. The van der Waals surface area contributed by atoms with E-state index >= 15 is 0 Å². The largest absolute Gasteiger partial charge is 0.475 e. The van der Waals surface area contributed by atoms with Crippen LogP contribution in [0.15, 0.2) is 81.4 Å². The second kappa shape index (κ2) is 12.6. The van der Waals surface area contributed by atoms with E-state index in [0.717, 1.165) is 10.4 Å². The Hall–Kier alpha value is -3.83. The summed E-state index contributed by atoms with van der Waals surface area (Å²) in [5, 5.41) is 12.5. The molecule has 5 rings (SSSR count). The van der Waals surface area contributed by atoms with Crippen molar-refractivity contribution in [1.82, 2.24) is 4.90 Å². The number of nitrogens with zero attached hydrogens (tertiary/aromatic N) is 2. The maximum Gasteiger partial charge on any atom is 0.372 e. The minimum Gasteiger partial charge on any atom is -0.475 e. The van der Waals surface area contributed by atoms with E-state index in [0.29, 0.717) is 37.8 Å². The van der Waals surface area contributed by atoms with Gasteiger partial charge < -0.3 is 14.4 Å². The molecule has 0 fully saturated rings. The molecule has 0 radical (unpaired) electrons. The lowest BCUT2D eigenvalue weighted by Crippen LogP contribution is -2.34. The second-order valence-corrected chi connectivity index (χ2v) is 13.9. The molecule has 8 nitrogen and oxygen atoms in total. The Balaban J connectivity index is 1.57. The molecule has 0 aliphatic carbocycles. The highest BCUT2D eigenvalue weighted by atomic mass is 35.5. The van der Waals surface area contributed by atoms with Crippen molar-refractivity contribution in [3.63, 3.8) is 0 Å². The average molecular weight is 672 g/mol. The first-order chi connectivity index (χ1) is 20.9. The number of thiophene rings is 1. The highest BCUT2D eigenvalue weighted by molar-refractivity contribution is 7.92. The summed E-state index contributed by atoms with van der Waals surface area (Å²) >= 11 is 14.4. The minimum atomic E-state index is -4.15. The van der Waals surface area contributed by atoms with Gasteiger partial charge in [-0.05, 0) is 91.9 Å². The minimum absolute atomic E-state index is 0.0355. The van der Waals surface area contributed by atoms with Crippen molar-refractivity contribution in [3.05, 3.63) is 115 Å². The number of carboxylic acid groups (broad SMARTS) is 1. The van der Waals surface area contributed by atoms with Crippen molar-refractivity contribution in [2.45, 2.75) is 38.8 Å². The molecule has 5 aromatic rings. The van der Waals surface area contributed by atoms with Gasteiger partial charge in [0.1, 0.15) is 5.58 Å². The molecule has 0 bridgehead atoms. The lowest BCUT2D eigenvalue weighted by atomic mass is 10.1. The molecule has 0 saturated heterocycles. The van der Waals surface area contributed by atoms with Crippen LogP contribution in [0.2, 0.25) is 10.0 Å². The summed E-state index contributed by atoms with van der Waals surface area (Å²) < 4.78 is 34.9. The summed E-state index contributed by atoms with van der Waals surface area (Å²) in [7, 11) is -4.15. The number of carbonyl (C=O) groups excluding carboxylic acids is 1. The summed E-state index contributed by atoms with van der Waals surface area (Å²) in [4.78, 5) is 28.0. The number of carbonyl (C=O) groups is 2. The fourth-order valence-electron chi connectivity index (χ4n) is 5.06. The first-order valence-electron chi connectivity index (χ1n) is 13.6. The standard InChI is InChI=1S/C32H28Cl2N2O6S2/c1-4-36(44(40,41)24-10-12-29-26(15-24)20(3)30(42-29)32(38)39)28-11-9-22(33)14-21(28)16-35(17-23-13-19(2)18-43-23)31(37)25-7-5-6-8-27(25)34/h5-15,18H,4,16-17H2,1-3H3,(H,38,39). The van der Waals surface area contributed by atoms with Crippen LogP contribution in [0.5, 0.6) is 0 Å². The van der Waals surface area contributed by atoms with E-state index in [1.807, 2.05) is 18.4 Å². The fraction of sp³-hybridized carbons (Fsp3) is 0.188. The van der Waals surface area contributed by atoms with Gasteiger partial charge in [0.15, 0.2) is 0 Å². The number of fused-ring (bicyclic) bond motifs is 1. The van der Waals surface area contributed by atoms with Crippen molar-refractivity contribution in [3.8, 4) is 0 Å². The van der Waals surface area contributed by atoms with Gasteiger partial charge in [0, 0.05) is 33.9 Å². The number of hydrogen-bond acceptors (Lipinski definition) is 6. The van der Waals surface area contributed by atoms with Crippen molar-refractivity contribution in [1.29, 1.82) is 0 Å². The van der Waals surface area contributed by atoms with Crippen molar-refractivity contribution in [2.75, 3.05) is 10.8 Å². The number of carboxylic acids is 1. The molecule has 1 N–H and O–H groups in total. The number of benzene rings is 3. The Morgan fingerprint density at radius 3 is 2.39 bits per heavy atom. The third-order valence-corrected chi connectivity index (χ3v) is 10.7. The number of aryl methyl sites for hydroxylation is 2. The van der Waals surface area contributed by atoms with E-state index in [2.05, 4.69) is 0 Å². The van der Waals surface area contributed by atoms with Gasteiger partial charge in [0.25, 0.3) is 15.9 Å². The van der Waals surface area contributed by atoms with Crippen molar-refractivity contribution >= 4 is 73.1 Å². The van der Waals surface area contributed by atoms with Crippen LogP contribution in [0.3, 0.4) is 0 Å². The molecule has 0 aliphatic heterocycles. The van der Waals surface area contributed by atoms with Crippen LogP contribution >= 0.6 is 34.5 Å². The van der Waals surface area contributed by atoms with Gasteiger partial charge in [-0.15, -0.1) is 11.3 Å². The number of aromatic carboxylic acids is 1. The molecule has 0 saturated carbocycles. The molecule has 2 aromatic heterocycles. The van der Waals surface area contributed by atoms with Gasteiger partial charge in [0.2, 0.25) is 5.76 Å². The summed E-state index contributed by atoms with van der Waals surface area (Å²) in [5.41, 5.74) is 2.87. The zero-order valence-corrected chi connectivity index (χ0v) is 27.1. The number of hydrogen-bond donors (Lipinski definition) is 1. The fourth-order valence-corrected chi connectivity index (χ4v) is 7.90. The van der Waals surface area contributed by atoms with Crippen LogP contribution in [0.25, 0.3) is 11.0 Å². The Bertz CT molecular complexity index is 2000. The number of sulfonamides is 1. The first-order valence-corrected chi connectivity index (χ1v) is 16.6. The maximum absolute atomic E-state index is 14.1. The van der Waals surface area contributed by atoms with Crippen molar-refractivity contribution in [2.24, 2.45) is 0 Å². The first kappa shape index (κ1) is 31.6. The third kappa shape index (κ3) is 6.21. The molecule has 0 atom stereocenters. The number of furan rings is 1. The van der Waals surface area contributed by atoms with Crippen LogP contribution in [0.4, 0.5) is 5.69 Å². The monoisotopic (exact) mass is 670 g/mol. The molecule has 2 heterocycles. The molecular weight excluding hydrogens is 643 g/mol. The lowest BCUT2D eigenvalue weighted by Gasteiger charge is -2.29. The van der Waals surface area contributed by atoms with Gasteiger partial charge in [-0.2, -0.15) is 0 Å². The normalized spacial score (nSPS) is 11.6. The van der Waals surface area contributed by atoms with Crippen LogP contribution in [-0.2, 0) is 23.1 Å². The third-order valence-electron chi connectivity index (χ3n) is 7.17. The van der Waals surface area contributed by atoms with Gasteiger partial charge in [-0.1, -0.05) is 35.3 Å². The summed E-state index contributed by atoms with van der Waals surface area (Å²) in [6.45, 7) is 5.65. The molecular formula is C32H28Cl2N2O6S2. The summed E-state index contributed by atoms with van der Waals surface area (Å²) in [6, 6.07) is 17.9. The van der Waals surface area contributed by atoms with E-state index in [9.17, 15) is 23.1 Å². The molecule has 0 aliphatic rings.